The van der Waals surface area contributed by atoms with Gasteiger partial charge >= 0.3 is 0 Å². The standard InChI is InChI=1S/C21H23N3O3/c1-14-10-19(26)20-16-4-2-3-5-18(16)24(21(20)17(14)11-22)13-15(25)12-23-6-8-27-9-7-23/h2-5,10,15,20,25H,6-9,12-13H2,1H3. The van der Waals surface area contributed by atoms with Gasteiger partial charge < -0.3 is 14.7 Å². The van der Waals surface area contributed by atoms with Crippen LogP contribution in [0.2, 0.25) is 0 Å². The largest absolute Gasteiger partial charge is 0.390 e. The number of nitrogens with zero attached hydrogens (tertiary/aromatic N) is 3. The van der Waals surface area contributed by atoms with Gasteiger partial charge in [0, 0.05) is 25.3 Å². The third-order valence-corrected chi connectivity index (χ3v) is 5.47. The number of aliphatic hydroxyl groups is 1. The lowest BCUT2D eigenvalue weighted by atomic mass is 9.85. The van der Waals surface area contributed by atoms with Crippen molar-refractivity contribution < 1.29 is 14.6 Å². The Labute approximate surface area is 158 Å². The second-order valence-electron chi connectivity index (χ2n) is 7.27. The van der Waals surface area contributed by atoms with Gasteiger partial charge in [0.1, 0.15) is 6.07 Å². The molecule has 2 unspecified atom stereocenters. The van der Waals surface area contributed by atoms with E-state index in [-0.39, 0.29) is 5.78 Å². The van der Waals surface area contributed by atoms with Gasteiger partial charge in [-0.25, -0.2) is 0 Å². The summed E-state index contributed by atoms with van der Waals surface area (Å²) in [4.78, 5) is 16.9. The molecule has 1 aromatic rings. The van der Waals surface area contributed by atoms with Crippen molar-refractivity contribution in [3.8, 4) is 6.07 Å². The van der Waals surface area contributed by atoms with E-state index >= 15 is 0 Å². The molecule has 4 rings (SSSR count). The number of aliphatic hydroxyl groups excluding tert-OH is 1. The monoisotopic (exact) mass is 365 g/mol. The molecule has 0 amide bonds. The van der Waals surface area contributed by atoms with E-state index in [1.165, 1.54) is 0 Å². The van der Waals surface area contributed by atoms with Crippen molar-refractivity contribution in [3.05, 3.63) is 52.7 Å². The van der Waals surface area contributed by atoms with Crippen molar-refractivity contribution in [2.24, 2.45) is 0 Å². The minimum Gasteiger partial charge on any atom is -0.390 e. The average Bonchev–Trinajstić information content (AvgIpc) is 2.98. The van der Waals surface area contributed by atoms with Gasteiger partial charge in [0.2, 0.25) is 0 Å². The highest BCUT2D eigenvalue weighted by Crippen LogP contribution is 2.48. The van der Waals surface area contributed by atoms with Gasteiger partial charge in [-0.15, -0.1) is 0 Å². The van der Waals surface area contributed by atoms with E-state index in [0.717, 1.165) is 24.3 Å². The minimum absolute atomic E-state index is 0.000816. The molecule has 0 saturated carbocycles. The number of ketones is 1. The van der Waals surface area contributed by atoms with E-state index < -0.39 is 12.0 Å². The Hall–Kier alpha value is -2.46. The molecule has 3 aliphatic rings. The maximum atomic E-state index is 12.7. The highest BCUT2D eigenvalue weighted by atomic mass is 16.5. The first-order valence-electron chi connectivity index (χ1n) is 9.31. The fourth-order valence-corrected chi connectivity index (χ4v) is 4.24. The number of benzene rings is 1. The van der Waals surface area contributed by atoms with E-state index in [1.807, 2.05) is 29.2 Å². The number of carbonyl (C=O) groups excluding carboxylic acids is 1. The van der Waals surface area contributed by atoms with Gasteiger partial charge in [-0.05, 0) is 30.2 Å². The number of fused-ring (bicyclic) bond motifs is 3. The Morgan fingerprint density at radius 3 is 2.78 bits per heavy atom. The van der Waals surface area contributed by atoms with Crippen LogP contribution in [0.5, 0.6) is 0 Å². The van der Waals surface area contributed by atoms with Crippen molar-refractivity contribution in [2.75, 3.05) is 44.3 Å². The van der Waals surface area contributed by atoms with Crippen molar-refractivity contribution in [1.29, 1.82) is 5.26 Å². The summed E-state index contributed by atoms with van der Waals surface area (Å²) in [5.41, 5.74) is 3.75. The Morgan fingerprint density at radius 2 is 2.04 bits per heavy atom. The smallest absolute Gasteiger partial charge is 0.169 e. The molecule has 0 spiro atoms. The molecule has 2 atom stereocenters. The van der Waals surface area contributed by atoms with E-state index in [4.69, 9.17) is 4.74 Å². The molecule has 1 aliphatic carbocycles. The van der Waals surface area contributed by atoms with Crippen LogP contribution in [0.1, 0.15) is 18.4 Å². The summed E-state index contributed by atoms with van der Waals surface area (Å²) >= 11 is 0. The van der Waals surface area contributed by atoms with Gasteiger partial charge in [0.15, 0.2) is 5.78 Å². The molecule has 1 N–H and O–H groups in total. The number of morpholine rings is 1. The van der Waals surface area contributed by atoms with Crippen LogP contribution in [0.15, 0.2) is 47.2 Å². The van der Waals surface area contributed by atoms with Gasteiger partial charge in [-0.1, -0.05) is 18.2 Å². The molecule has 0 bridgehead atoms. The molecule has 27 heavy (non-hydrogen) atoms. The molecular formula is C21H23N3O3. The summed E-state index contributed by atoms with van der Waals surface area (Å²) in [6.07, 6.45) is 0.973. The zero-order chi connectivity index (χ0) is 19.0. The summed E-state index contributed by atoms with van der Waals surface area (Å²) in [5.74, 6) is -0.450. The third-order valence-electron chi connectivity index (χ3n) is 5.47. The number of rotatable bonds is 4. The number of nitriles is 1. The predicted molar refractivity (Wildman–Crippen MR) is 101 cm³/mol. The predicted octanol–water partition coefficient (Wildman–Crippen LogP) is 1.59. The summed E-state index contributed by atoms with van der Waals surface area (Å²) in [5, 5.41) is 20.5. The molecule has 6 heteroatoms. The topological polar surface area (TPSA) is 76.8 Å². The first kappa shape index (κ1) is 17.9. The van der Waals surface area contributed by atoms with Crippen LogP contribution in [-0.2, 0) is 9.53 Å². The molecule has 140 valence electrons. The molecular weight excluding hydrogens is 342 g/mol. The SMILES string of the molecule is CC1=CC(=O)C2C(=C1C#N)N(CC(O)CN1CCOCC1)c1ccccc12. The Kier molecular flexibility index (Phi) is 4.83. The first-order chi connectivity index (χ1) is 13.1. The lowest BCUT2D eigenvalue weighted by Gasteiger charge is -2.32. The molecule has 2 heterocycles. The number of para-hydroxylation sites is 1. The second kappa shape index (κ2) is 7.28. The Morgan fingerprint density at radius 1 is 1.30 bits per heavy atom. The summed E-state index contributed by atoms with van der Waals surface area (Å²) < 4.78 is 5.36. The highest BCUT2D eigenvalue weighted by Gasteiger charge is 2.42. The van der Waals surface area contributed by atoms with Gasteiger partial charge in [-0.3, -0.25) is 9.69 Å². The number of hydrogen-bond donors (Lipinski definition) is 1. The molecule has 0 radical (unpaired) electrons. The van der Waals surface area contributed by atoms with Crippen LogP contribution >= 0.6 is 0 Å². The number of carbonyl (C=O) groups is 1. The maximum Gasteiger partial charge on any atom is 0.169 e. The summed E-state index contributed by atoms with van der Waals surface area (Å²) in [7, 11) is 0. The molecule has 0 aromatic heterocycles. The average molecular weight is 365 g/mol. The Balaban J connectivity index is 1.66. The van der Waals surface area contributed by atoms with Gasteiger partial charge in [0.05, 0.1) is 43.1 Å². The van der Waals surface area contributed by atoms with Crippen LogP contribution in [0, 0.1) is 11.3 Å². The van der Waals surface area contributed by atoms with E-state index in [1.54, 1.807) is 13.0 Å². The fraction of sp³-hybridized carbons (Fsp3) is 0.429. The molecule has 1 saturated heterocycles. The van der Waals surface area contributed by atoms with E-state index in [0.29, 0.717) is 43.1 Å². The van der Waals surface area contributed by atoms with Crippen molar-refractivity contribution in [2.45, 2.75) is 18.9 Å². The summed E-state index contributed by atoms with van der Waals surface area (Å²) in [6, 6.07) is 10.0. The number of β-amino-alcohol motifs (C(OH)–C–C–N with tert-alkyl or cyclic N) is 1. The molecule has 1 fully saturated rings. The normalized spacial score (nSPS) is 23.6. The van der Waals surface area contributed by atoms with E-state index in [2.05, 4.69) is 11.0 Å². The molecule has 2 aliphatic heterocycles. The van der Waals surface area contributed by atoms with Gasteiger partial charge in [0.25, 0.3) is 0 Å². The number of ether oxygens (including phenoxy) is 1. The van der Waals surface area contributed by atoms with Crippen LogP contribution in [0.25, 0.3) is 0 Å². The van der Waals surface area contributed by atoms with Crippen LogP contribution in [0.4, 0.5) is 5.69 Å². The zero-order valence-corrected chi connectivity index (χ0v) is 15.4. The quantitative estimate of drug-likeness (QED) is 0.873. The lowest BCUT2D eigenvalue weighted by molar-refractivity contribution is -0.115. The number of allylic oxidation sites excluding steroid dienone is 4. The fourth-order valence-electron chi connectivity index (χ4n) is 4.24. The van der Waals surface area contributed by atoms with Crippen LogP contribution in [-0.4, -0.2) is 61.3 Å². The number of anilines is 1. The third kappa shape index (κ3) is 3.19. The van der Waals surface area contributed by atoms with E-state index in [9.17, 15) is 15.2 Å². The van der Waals surface area contributed by atoms with Crippen molar-refractivity contribution in [3.63, 3.8) is 0 Å². The minimum atomic E-state index is -0.594. The second-order valence-corrected chi connectivity index (χ2v) is 7.27. The van der Waals surface area contributed by atoms with Crippen LogP contribution < -0.4 is 4.90 Å². The highest BCUT2D eigenvalue weighted by molar-refractivity contribution is 6.05. The van der Waals surface area contributed by atoms with Crippen molar-refractivity contribution in [1.82, 2.24) is 4.90 Å². The van der Waals surface area contributed by atoms with Crippen molar-refractivity contribution >= 4 is 11.5 Å². The summed E-state index contributed by atoms with van der Waals surface area (Å²) in [6.45, 7) is 5.68. The number of hydrogen-bond acceptors (Lipinski definition) is 6. The zero-order valence-electron chi connectivity index (χ0n) is 15.4. The molecule has 1 aromatic carbocycles. The van der Waals surface area contributed by atoms with Crippen LogP contribution in [0.3, 0.4) is 0 Å². The maximum absolute atomic E-state index is 12.7. The van der Waals surface area contributed by atoms with Gasteiger partial charge in [-0.2, -0.15) is 5.26 Å². The first-order valence-corrected chi connectivity index (χ1v) is 9.31. The molecule has 6 nitrogen and oxygen atoms in total. The lowest BCUT2D eigenvalue weighted by Crippen LogP contribution is -2.44. The Bertz CT molecular complexity index is 862.